The Balaban J connectivity index is 2.84. The lowest BCUT2D eigenvalue weighted by Crippen LogP contribution is -1.95. The first-order valence-electron chi connectivity index (χ1n) is 4.81. The summed E-state index contributed by atoms with van der Waals surface area (Å²) >= 11 is 0. The largest absolute Gasteiger partial charge is 0.461 e. The molecule has 0 atom stereocenters. The number of furan rings is 1. The zero-order valence-corrected chi connectivity index (χ0v) is 9.05. The Bertz CT molecular complexity index is 552. The van der Waals surface area contributed by atoms with E-state index in [0.29, 0.717) is 16.8 Å². The molecule has 0 radical (unpaired) electrons. The Morgan fingerprint density at radius 1 is 1.33 bits per heavy atom. The van der Waals surface area contributed by atoms with Crippen molar-refractivity contribution in [3.05, 3.63) is 29.0 Å². The molecule has 0 saturated heterocycles. The summed E-state index contributed by atoms with van der Waals surface area (Å²) in [4.78, 5) is 11.2. The van der Waals surface area contributed by atoms with Gasteiger partial charge in [0.2, 0.25) is 0 Å². The maximum absolute atomic E-state index is 11.2. The predicted octanol–water partition coefficient (Wildman–Crippen LogP) is 2.83. The quantitative estimate of drug-likeness (QED) is 0.572. The van der Waals surface area contributed by atoms with Crippen molar-refractivity contribution in [3.63, 3.8) is 0 Å². The van der Waals surface area contributed by atoms with Crippen LogP contribution in [-0.2, 0) is 0 Å². The maximum Gasteiger partial charge on any atom is 0.160 e. The van der Waals surface area contributed by atoms with E-state index in [-0.39, 0.29) is 5.78 Å². The average molecular weight is 203 g/mol. The zero-order chi connectivity index (χ0) is 11.2. The van der Waals surface area contributed by atoms with Gasteiger partial charge in [-0.3, -0.25) is 4.79 Å². The van der Waals surface area contributed by atoms with Gasteiger partial charge >= 0.3 is 0 Å². The van der Waals surface area contributed by atoms with E-state index < -0.39 is 0 Å². The fourth-order valence-electron chi connectivity index (χ4n) is 1.74. The summed E-state index contributed by atoms with van der Waals surface area (Å²) in [5.74, 6) is 0.840. The zero-order valence-electron chi connectivity index (χ0n) is 9.05. The number of nitrogen functional groups attached to an aromatic ring is 1. The van der Waals surface area contributed by atoms with Crippen molar-refractivity contribution in [1.82, 2.24) is 0 Å². The molecule has 15 heavy (non-hydrogen) atoms. The molecule has 0 amide bonds. The van der Waals surface area contributed by atoms with Gasteiger partial charge in [0, 0.05) is 22.2 Å². The SMILES string of the molecule is CC(=O)c1cc(N)c2c(C)c(C)oc2c1. The smallest absolute Gasteiger partial charge is 0.160 e. The number of hydrogen-bond acceptors (Lipinski definition) is 3. The van der Waals surface area contributed by atoms with E-state index in [9.17, 15) is 4.79 Å². The normalized spacial score (nSPS) is 10.9. The Kier molecular flexibility index (Phi) is 2.03. The van der Waals surface area contributed by atoms with Crippen molar-refractivity contribution in [2.45, 2.75) is 20.8 Å². The number of nitrogens with two attached hydrogens (primary N) is 1. The van der Waals surface area contributed by atoms with Gasteiger partial charge in [0.25, 0.3) is 0 Å². The number of carbonyl (C=O) groups excluding carboxylic acids is 1. The molecule has 0 fully saturated rings. The third-order valence-electron chi connectivity index (χ3n) is 2.71. The van der Waals surface area contributed by atoms with Crippen LogP contribution in [0.2, 0.25) is 0 Å². The summed E-state index contributed by atoms with van der Waals surface area (Å²) < 4.78 is 5.54. The minimum atomic E-state index is -0.00435. The van der Waals surface area contributed by atoms with Crippen LogP contribution >= 0.6 is 0 Å². The van der Waals surface area contributed by atoms with E-state index in [1.54, 1.807) is 12.1 Å². The van der Waals surface area contributed by atoms with Crippen LogP contribution in [0.4, 0.5) is 5.69 Å². The molecule has 0 aliphatic rings. The highest BCUT2D eigenvalue weighted by Crippen LogP contribution is 2.30. The van der Waals surface area contributed by atoms with Crippen molar-refractivity contribution in [2.75, 3.05) is 5.73 Å². The second-order valence-corrected chi connectivity index (χ2v) is 3.78. The average Bonchev–Trinajstić information content (AvgIpc) is 2.42. The Labute approximate surface area is 87.9 Å². The predicted molar refractivity (Wildman–Crippen MR) is 60.1 cm³/mol. The third-order valence-corrected chi connectivity index (χ3v) is 2.71. The van der Waals surface area contributed by atoms with Crippen molar-refractivity contribution in [1.29, 1.82) is 0 Å². The highest BCUT2D eigenvalue weighted by atomic mass is 16.3. The number of fused-ring (bicyclic) bond motifs is 1. The first-order valence-corrected chi connectivity index (χ1v) is 4.81. The van der Waals surface area contributed by atoms with Crippen LogP contribution in [0, 0.1) is 13.8 Å². The molecule has 1 aromatic carbocycles. The van der Waals surface area contributed by atoms with Gasteiger partial charge < -0.3 is 10.2 Å². The van der Waals surface area contributed by atoms with Gasteiger partial charge in [-0.1, -0.05) is 0 Å². The fourth-order valence-corrected chi connectivity index (χ4v) is 1.74. The van der Waals surface area contributed by atoms with Gasteiger partial charge in [0.05, 0.1) is 0 Å². The van der Waals surface area contributed by atoms with Gasteiger partial charge in [-0.2, -0.15) is 0 Å². The van der Waals surface area contributed by atoms with E-state index in [1.807, 2.05) is 13.8 Å². The molecule has 0 unspecified atom stereocenters. The first-order chi connectivity index (χ1) is 7.00. The number of carbonyl (C=O) groups is 1. The van der Waals surface area contributed by atoms with Crippen LogP contribution < -0.4 is 5.73 Å². The van der Waals surface area contributed by atoms with Gasteiger partial charge in [-0.05, 0) is 32.9 Å². The highest BCUT2D eigenvalue weighted by Gasteiger charge is 2.12. The molecular weight excluding hydrogens is 190 g/mol. The number of rotatable bonds is 1. The van der Waals surface area contributed by atoms with Crippen LogP contribution in [0.3, 0.4) is 0 Å². The van der Waals surface area contributed by atoms with Crippen molar-refractivity contribution in [3.8, 4) is 0 Å². The lowest BCUT2D eigenvalue weighted by molar-refractivity contribution is 0.101. The summed E-state index contributed by atoms with van der Waals surface area (Å²) in [6.07, 6.45) is 0. The summed E-state index contributed by atoms with van der Waals surface area (Å²) in [7, 11) is 0. The van der Waals surface area contributed by atoms with E-state index >= 15 is 0 Å². The van der Waals surface area contributed by atoms with Crippen LogP contribution in [-0.4, -0.2) is 5.78 Å². The summed E-state index contributed by atoms with van der Waals surface area (Å²) in [6.45, 7) is 5.37. The summed E-state index contributed by atoms with van der Waals surface area (Å²) in [5.41, 5.74) is 8.82. The molecule has 3 heteroatoms. The van der Waals surface area contributed by atoms with Gasteiger partial charge in [0.15, 0.2) is 5.78 Å². The van der Waals surface area contributed by atoms with Gasteiger partial charge in [-0.25, -0.2) is 0 Å². The molecule has 1 aromatic heterocycles. The number of ketones is 1. The highest BCUT2D eigenvalue weighted by molar-refractivity contribution is 6.02. The molecule has 0 aliphatic heterocycles. The molecule has 2 N–H and O–H groups in total. The lowest BCUT2D eigenvalue weighted by Gasteiger charge is -2.00. The van der Waals surface area contributed by atoms with Crippen LogP contribution in [0.5, 0.6) is 0 Å². The Morgan fingerprint density at radius 3 is 2.60 bits per heavy atom. The van der Waals surface area contributed by atoms with E-state index in [1.165, 1.54) is 6.92 Å². The van der Waals surface area contributed by atoms with Crippen LogP contribution in [0.1, 0.15) is 28.6 Å². The molecular formula is C12H13NO2. The Hall–Kier alpha value is -1.77. The van der Waals surface area contributed by atoms with Gasteiger partial charge in [0.1, 0.15) is 11.3 Å². The number of aryl methyl sites for hydroxylation is 2. The number of hydrogen-bond donors (Lipinski definition) is 1. The topological polar surface area (TPSA) is 56.2 Å². The molecule has 0 saturated carbocycles. The fraction of sp³-hybridized carbons (Fsp3) is 0.250. The summed E-state index contributed by atoms with van der Waals surface area (Å²) in [6, 6.07) is 3.45. The second kappa shape index (κ2) is 3.12. The summed E-state index contributed by atoms with van der Waals surface area (Å²) in [5, 5.41) is 0.914. The monoisotopic (exact) mass is 203 g/mol. The molecule has 0 aliphatic carbocycles. The second-order valence-electron chi connectivity index (χ2n) is 3.78. The van der Waals surface area contributed by atoms with E-state index in [0.717, 1.165) is 16.7 Å². The molecule has 78 valence electrons. The van der Waals surface area contributed by atoms with E-state index in [4.69, 9.17) is 10.2 Å². The van der Waals surface area contributed by atoms with Crippen LogP contribution in [0.25, 0.3) is 11.0 Å². The molecule has 2 rings (SSSR count). The maximum atomic E-state index is 11.2. The Morgan fingerprint density at radius 2 is 2.00 bits per heavy atom. The molecule has 3 nitrogen and oxygen atoms in total. The van der Waals surface area contributed by atoms with Crippen molar-refractivity contribution >= 4 is 22.4 Å². The van der Waals surface area contributed by atoms with Crippen molar-refractivity contribution < 1.29 is 9.21 Å². The molecule has 2 aromatic rings. The third kappa shape index (κ3) is 1.40. The number of anilines is 1. The molecule has 0 bridgehead atoms. The minimum Gasteiger partial charge on any atom is -0.461 e. The number of benzene rings is 1. The van der Waals surface area contributed by atoms with Crippen molar-refractivity contribution in [2.24, 2.45) is 0 Å². The van der Waals surface area contributed by atoms with Gasteiger partial charge in [-0.15, -0.1) is 0 Å². The van der Waals surface area contributed by atoms with E-state index in [2.05, 4.69) is 0 Å². The minimum absolute atomic E-state index is 0.00435. The lowest BCUT2D eigenvalue weighted by atomic mass is 10.1. The molecule has 0 spiro atoms. The molecule has 1 heterocycles. The standard InChI is InChI=1S/C12H13NO2/c1-6-8(3)15-11-5-9(7(2)14)4-10(13)12(6)11/h4-5H,13H2,1-3H3. The van der Waals surface area contributed by atoms with Crippen LogP contribution in [0.15, 0.2) is 16.5 Å². The number of Topliss-reactive ketones (excluding diaryl/α,β-unsaturated/α-hetero) is 1. The first kappa shape index (κ1) is 9.77.